The number of hydrogen-bond acceptors (Lipinski definition) is 8. The lowest BCUT2D eigenvalue weighted by atomic mass is 9.78. The number of rotatable bonds is 6. The summed E-state index contributed by atoms with van der Waals surface area (Å²) in [6.07, 6.45) is 5.45. The first-order chi connectivity index (χ1) is 18.1. The molecule has 38 heavy (non-hydrogen) atoms. The predicted molar refractivity (Wildman–Crippen MR) is 145 cm³/mol. The van der Waals surface area contributed by atoms with E-state index in [2.05, 4.69) is 9.24 Å². The summed E-state index contributed by atoms with van der Waals surface area (Å²) in [6.45, 7) is 7.84. The third kappa shape index (κ3) is 6.43. The summed E-state index contributed by atoms with van der Waals surface area (Å²) in [6, 6.07) is -0.857. The lowest BCUT2D eigenvalue weighted by Gasteiger charge is -2.41. The fraction of sp³-hybridized carbons (Fsp3) is 0.893. The van der Waals surface area contributed by atoms with Crippen LogP contribution in [0.15, 0.2) is 0 Å². The molecule has 11 unspecified atom stereocenters. The summed E-state index contributed by atoms with van der Waals surface area (Å²) in [4.78, 5) is 41.0. The van der Waals surface area contributed by atoms with Crippen LogP contribution >= 0.6 is 9.24 Å². The van der Waals surface area contributed by atoms with Gasteiger partial charge in [0.2, 0.25) is 5.79 Å². The van der Waals surface area contributed by atoms with Crippen molar-refractivity contribution < 1.29 is 38.8 Å². The molecule has 0 aromatic rings. The third-order valence-electron chi connectivity index (χ3n) is 9.10. The number of piperidine rings is 1. The topological polar surface area (TPSA) is 123 Å². The van der Waals surface area contributed by atoms with Gasteiger partial charge in [0.05, 0.1) is 18.1 Å². The molecule has 218 valence electrons. The second kappa shape index (κ2) is 13.5. The van der Waals surface area contributed by atoms with Gasteiger partial charge in [0, 0.05) is 19.6 Å². The first kappa shape index (κ1) is 31.4. The number of fused-ring (bicyclic) bond motifs is 1. The van der Waals surface area contributed by atoms with Crippen molar-refractivity contribution in [2.24, 2.45) is 23.7 Å². The number of carbonyl (C=O) groups is 3. The molecular formula is C28H48NO8P. The standard InChI is InChI=1S/C26H42NO8P.C2H6/c1-14-7-10-21(36)35-26(14,32)23(29)24(30)27-11-5-4-6-19(27)25(31)34-15(2)17-12-16-8-9-20(28)22(33-3)18(16)13-17;1-2/h14-22,28,32H,4-13,36H2,1-3H3;1-2H3. The van der Waals surface area contributed by atoms with Crippen molar-refractivity contribution in [1.82, 2.24) is 4.90 Å². The molecule has 0 aromatic carbocycles. The molecule has 0 radical (unpaired) electrons. The molecule has 4 aliphatic rings. The molecule has 4 rings (SSSR count). The zero-order valence-corrected chi connectivity index (χ0v) is 24.8. The van der Waals surface area contributed by atoms with Gasteiger partial charge >= 0.3 is 5.97 Å². The van der Waals surface area contributed by atoms with Gasteiger partial charge in [0.25, 0.3) is 11.7 Å². The molecule has 0 bridgehead atoms. The Balaban J connectivity index is 0.00000195. The van der Waals surface area contributed by atoms with Gasteiger partial charge in [0.1, 0.15) is 12.1 Å². The van der Waals surface area contributed by atoms with Gasteiger partial charge in [-0.2, -0.15) is 0 Å². The number of methoxy groups -OCH3 is 1. The molecule has 9 nitrogen and oxygen atoms in total. The molecule has 2 aliphatic carbocycles. The first-order valence-corrected chi connectivity index (χ1v) is 15.2. The second-order valence-electron chi connectivity index (χ2n) is 11.3. The van der Waals surface area contributed by atoms with E-state index in [1.54, 1.807) is 14.0 Å². The van der Waals surface area contributed by atoms with E-state index in [9.17, 15) is 24.6 Å². The van der Waals surface area contributed by atoms with Gasteiger partial charge in [-0.1, -0.05) is 20.8 Å². The summed E-state index contributed by atoms with van der Waals surface area (Å²) in [5, 5.41) is 21.3. The average Bonchev–Trinajstić information content (AvgIpc) is 3.36. The lowest BCUT2D eigenvalue weighted by molar-refractivity contribution is -0.247. The van der Waals surface area contributed by atoms with E-state index in [1.165, 1.54) is 4.90 Å². The van der Waals surface area contributed by atoms with Crippen LogP contribution in [0, 0.1) is 23.7 Å². The SMILES string of the molecule is CC.COC1C(O)CCC2CC(C(C)OC(=O)C3CCCCN3C(=O)C(=O)C3(O)OC(P)CCC3C)CC21. The molecule has 2 aliphatic heterocycles. The van der Waals surface area contributed by atoms with Crippen LogP contribution in [0.25, 0.3) is 0 Å². The Morgan fingerprint density at radius 1 is 1.08 bits per heavy atom. The summed E-state index contributed by atoms with van der Waals surface area (Å²) in [5.74, 6) is -4.71. The summed E-state index contributed by atoms with van der Waals surface area (Å²) in [5.41, 5.74) is 0. The molecule has 10 heteroatoms. The molecule has 0 aromatic heterocycles. The smallest absolute Gasteiger partial charge is 0.329 e. The van der Waals surface area contributed by atoms with Crippen molar-refractivity contribution in [1.29, 1.82) is 0 Å². The van der Waals surface area contributed by atoms with Crippen LogP contribution in [0.1, 0.15) is 85.5 Å². The van der Waals surface area contributed by atoms with Crippen molar-refractivity contribution in [3.05, 3.63) is 0 Å². The Morgan fingerprint density at radius 2 is 1.79 bits per heavy atom. The number of aliphatic hydroxyl groups is 2. The number of likely N-dealkylation sites (tertiary alicyclic amines) is 1. The highest BCUT2D eigenvalue weighted by molar-refractivity contribution is 7.17. The van der Waals surface area contributed by atoms with Crippen molar-refractivity contribution >= 4 is 26.9 Å². The maximum Gasteiger partial charge on any atom is 0.329 e. The predicted octanol–water partition coefficient (Wildman–Crippen LogP) is 3.04. The Kier molecular flexibility index (Phi) is 11.2. The zero-order chi connectivity index (χ0) is 28.2. The number of ketones is 1. The van der Waals surface area contributed by atoms with E-state index < -0.39 is 47.4 Å². The van der Waals surface area contributed by atoms with Crippen molar-refractivity contribution in [3.63, 3.8) is 0 Å². The fourth-order valence-corrected chi connectivity index (χ4v) is 7.24. The lowest BCUT2D eigenvalue weighted by Crippen LogP contribution is -2.60. The van der Waals surface area contributed by atoms with Gasteiger partial charge in [-0.25, -0.2) is 4.79 Å². The van der Waals surface area contributed by atoms with Crippen LogP contribution in [0.4, 0.5) is 0 Å². The number of esters is 1. The van der Waals surface area contributed by atoms with Gasteiger partial charge < -0.3 is 29.3 Å². The molecule has 4 fully saturated rings. The monoisotopic (exact) mass is 557 g/mol. The minimum atomic E-state index is -2.19. The molecular weight excluding hydrogens is 509 g/mol. The number of aliphatic hydroxyl groups excluding tert-OH is 1. The number of hydrogen-bond donors (Lipinski definition) is 2. The highest BCUT2D eigenvalue weighted by Gasteiger charge is 2.52. The van der Waals surface area contributed by atoms with E-state index in [-0.39, 0.29) is 30.6 Å². The first-order valence-electron chi connectivity index (χ1n) is 14.5. The van der Waals surface area contributed by atoms with Crippen molar-refractivity contribution in [2.45, 2.75) is 121 Å². The number of amides is 1. The van der Waals surface area contributed by atoms with Gasteiger partial charge in [-0.05, 0) is 82.5 Å². The largest absolute Gasteiger partial charge is 0.461 e. The Bertz CT molecular complexity index is 842. The van der Waals surface area contributed by atoms with Gasteiger partial charge in [-0.15, -0.1) is 9.24 Å². The maximum absolute atomic E-state index is 13.3. The Morgan fingerprint density at radius 3 is 2.47 bits per heavy atom. The quantitative estimate of drug-likeness (QED) is 0.290. The number of nitrogens with zero attached hydrogens (tertiary/aromatic N) is 1. The Labute approximate surface area is 229 Å². The summed E-state index contributed by atoms with van der Waals surface area (Å²) in [7, 11) is 4.08. The molecule has 2 saturated carbocycles. The Hall–Kier alpha value is -1.12. The molecule has 2 saturated heterocycles. The van der Waals surface area contributed by atoms with Crippen LogP contribution in [0.5, 0.6) is 0 Å². The maximum atomic E-state index is 13.3. The summed E-state index contributed by atoms with van der Waals surface area (Å²) < 4.78 is 17.0. The van der Waals surface area contributed by atoms with Crippen LogP contribution in [-0.2, 0) is 28.6 Å². The summed E-state index contributed by atoms with van der Waals surface area (Å²) >= 11 is 0. The van der Waals surface area contributed by atoms with E-state index in [0.717, 1.165) is 32.1 Å². The zero-order valence-electron chi connectivity index (χ0n) is 23.6. The van der Waals surface area contributed by atoms with E-state index in [1.807, 2.05) is 20.8 Å². The normalized spacial score (nSPS) is 39.8. The highest BCUT2D eigenvalue weighted by atomic mass is 31.0. The second-order valence-corrected chi connectivity index (χ2v) is 12.1. The number of carbonyl (C=O) groups excluding carboxylic acids is 3. The van der Waals surface area contributed by atoms with Crippen LogP contribution < -0.4 is 0 Å². The van der Waals surface area contributed by atoms with Gasteiger partial charge in [0.15, 0.2) is 0 Å². The molecule has 2 N–H and O–H groups in total. The van der Waals surface area contributed by atoms with Gasteiger partial charge in [-0.3, -0.25) is 9.59 Å². The highest BCUT2D eigenvalue weighted by Crippen LogP contribution is 2.47. The molecule has 0 spiro atoms. The van der Waals surface area contributed by atoms with Crippen LogP contribution in [0.2, 0.25) is 0 Å². The fourth-order valence-electron chi connectivity index (χ4n) is 6.84. The van der Waals surface area contributed by atoms with Crippen LogP contribution in [-0.4, -0.2) is 82.4 Å². The molecule has 1 amide bonds. The van der Waals surface area contributed by atoms with E-state index in [4.69, 9.17) is 14.2 Å². The van der Waals surface area contributed by atoms with Crippen molar-refractivity contribution in [3.8, 4) is 0 Å². The van der Waals surface area contributed by atoms with Crippen LogP contribution in [0.3, 0.4) is 0 Å². The molecule has 11 atom stereocenters. The third-order valence-corrected chi connectivity index (χ3v) is 9.57. The van der Waals surface area contributed by atoms with Crippen molar-refractivity contribution in [2.75, 3.05) is 13.7 Å². The minimum Gasteiger partial charge on any atom is -0.461 e. The average molecular weight is 558 g/mol. The molecule has 2 heterocycles. The van der Waals surface area contributed by atoms with E-state index in [0.29, 0.717) is 31.6 Å². The minimum absolute atomic E-state index is 0.150. The van der Waals surface area contributed by atoms with E-state index >= 15 is 0 Å². The number of Topliss-reactive ketones (excluding diaryl/α,β-unsaturated/α-hetero) is 1. The number of ether oxygens (including phenoxy) is 3.